The van der Waals surface area contributed by atoms with Crippen molar-refractivity contribution >= 4 is 22.9 Å². The number of fused-ring (bicyclic) bond motifs is 1. The number of alkyl halides is 3. The largest absolute Gasteiger partial charge is 0.445 e. The molecule has 0 saturated carbocycles. The van der Waals surface area contributed by atoms with E-state index in [0.29, 0.717) is 5.56 Å². The lowest BCUT2D eigenvalue weighted by molar-refractivity contribution is -0.265. The first kappa shape index (κ1) is 25.8. The van der Waals surface area contributed by atoms with Gasteiger partial charge in [-0.25, -0.2) is 4.79 Å². The minimum atomic E-state index is -5.03. The molecule has 0 radical (unpaired) electrons. The van der Waals surface area contributed by atoms with Gasteiger partial charge in [-0.2, -0.15) is 13.2 Å². The van der Waals surface area contributed by atoms with Crippen LogP contribution in [0.3, 0.4) is 0 Å². The number of para-hydroxylation sites is 1. The molecule has 0 bridgehead atoms. The van der Waals surface area contributed by atoms with Crippen molar-refractivity contribution in [3.8, 4) is 0 Å². The Hall–Kier alpha value is -3.79. The van der Waals surface area contributed by atoms with Gasteiger partial charge < -0.3 is 25.1 Å². The molecular formula is C25H26F3N3O4. The average Bonchev–Trinajstić information content (AvgIpc) is 3.27. The molecule has 0 aliphatic rings. The predicted molar refractivity (Wildman–Crippen MR) is 125 cm³/mol. The zero-order valence-electron chi connectivity index (χ0n) is 19.0. The van der Waals surface area contributed by atoms with Crippen molar-refractivity contribution in [2.45, 2.75) is 17.7 Å². The third-order valence-corrected chi connectivity index (χ3v) is 5.60. The van der Waals surface area contributed by atoms with E-state index in [-0.39, 0.29) is 25.3 Å². The van der Waals surface area contributed by atoms with Crippen LogP contribution in [0.15, 0.2) is 73.4 Å². The van der Waals surface area contributed by atoms with E-state index in [0.717, 1.165) is 18.0 Å². The minimum absolute atomic E-state index is 0.000656. The van der Waals surface area contributed by atoms with Gasteiger partial charge in [0.05, 0.1) is 0 Å². The third-order valence-electron chi connectivity index (χ3n) is 5.60. The maximum Gasteiger partial charge on any atom is 0.430 e. The lowest BCUT2D eigenvalue weighted by Gasteiger charge is -2.33. The number of carbonyl (C=O) groups excluding carboxylic acids is 2. The monoisotopic (exact) mass is 489 g/mol. The van der Waals surface area contributed by atoms with Crippen molar-refractivity contribution < 1.29 is 32.2 Å². The summed E-state index contributed by atoms with van der Waals surface area (Å²) in [6, 6.07) is 14.0. The quantitative estimate of drug-likeness (QED) is 0.369. The van der Waals surface area contributed by atoms with Crippen LogP contribution in [0, 0.1) is 0 Å². The summed E-state index contributed by atoms with van der Waals surface area (Å²) in [6.07, 6.45) is -2.65. The number of hydrogen-bond donors (Lipinski definition) is 3. The molecule has 1 heterocycles. The van der Waals surface area contributed by atoms with Gasteiger partial charge in [-0.15, -0.1) is 0 Å². The average molecular weight is 489 g/mol. The predicted octanol–water partition coefficient (Wildman–Crippen LogP) is 4.38. The van der Waals surface area contributed by atoms with E-state index >= 15 is 0 Å². The van der Waals surface area contributed by atoms with Crippen LogP contribution in [0.1, 0.15) is 17.0 Å². The van der Waals surface area contributed by atoms with E-state index in [1.807, 2.05) is 24.3 Å². The van der Waals surface area contributed by atoms with Crippen LogP contribution in [-0.4, -0.2) is 50.0 Å². The number of amides is 2. The second kappa shape index (κ2) is 11.1. The van der Waals surface area contributed by atoms with E-state index in [1.54, 1.807) is 12.3 Å². The molecule has 1 aromatic heterocycles. The third kappa shape index (κ3) is 5.48. The Bertz CT molecular complexity index is 1160. The van der Waals surface area contributed by atoms with Crippen LogP contribution in [0.4, 0.5) is 18.0 Å². The van der Waals surface area contributed by atoms with Gasteiger partial charge in [0.25, 0.3) is 11.5 Å². The van der Waals surface area contributed by atoms with Gasteiger partial charge in [-0.3, -0.25) is 4.79 Å². The minimum Gasteiger partial charge on any atom is -0.445 e. The molecule has 2 atom stereocenters. The van der Waals surface area contributed by atoms with E-state index in [2.05, 4.69) is 22.2 Å². The first-order chi connectivity index (χ1) is 16.7. The Balaban J connectivity index is 1.88. The Morgan fingerprint density at radius 1 is 1.06 bits per heavy atom. The molecule has 35 heavy (non-hydrogen) atoms. The number of H-pyrrole nitrogens is 1. The molecule has 0 fully saturated rings. The van der Waals surface area contributed by atoms with Crippen molar-refractivity contribution in [2.24, 2.45) is 0 Å². The molecule has 0 saturated heterocycles. The first-order valence-electron chi connectivity index (χ1n) is 10.8. The van der Waals surface area contributed by atoms with Crippen LogP contribution in [0.2, 0.25) is 0 Å². The van der Waals surface area contributed by atoms with Gasteiger partial charge in [0.15, 0.2) is 0 Å². The molecule has 2 amide bonds. The normalized spacial score (nSPS) is 14.1. The number of nitrogens with one attached hydrogen (secondary N) is 3. The number of rotatable bonds is 10. The second-order valence-corrected chi connectivity index (χ2v) is 7.71. The summed E-state index contributed by atoms with van der Waals surface area (Å²) < 4.78 is 52.4. The summed E-state index contributed by atoms with van der Waals surface area (Å²) in [5.74, 6) is -1.94. The molecule has 3 aromatic rings. The van der Waals surface area contributed by atoms with Crippen LogP contribution >= 0.6 is 0 Å². The molecule has 186 valence electrons. The lowest BCUT2D eigenvalue weighted by Crippen LogP contribution is -2.56. The number of methoxy groups -OCH3 is 1. The maximum absolute atomic E-state index is 14.2. The van der Waals surface area contributed by atoms with E-state index in [9.17, 15) is 22.8 Å². The summed E-state index contributed by atoms with van der Waals surface area (Å²) in [7, 11) is 0.842. The maximum atomic E-state index is 14.2. The zero-order chi connectivity index (χ0) is 25.5. The van der Waals surface area contributed by atoms with Crippen LogP contribution in [-0.2, 0) is 19.9 Å². The molecule has 0 unspecified atom stereocenters. The SMILES string of the molecule is C=CCOC(=O)NC[C@H](CNC(=O)[C@](OC)(c1ccccc1)C(F)(F)F)c1c[nH]c2ccccc12. The van der Waals surface area contributed by atoms with Gasteiger partial charge in [-0.05, 0) is 11.6 Å². The molecule has 3 N–H and O–H groups in total. The topological polar surface area (TPSA) is 92.5 Å². The number of benzene rings is 2. The summed E-state index contributed by atoms with van der Waals surface area (Å²) in [6.45, 7) is 3.25. The Morgan fingerprint density at radius 3 is 2.37 bits per heavy atom. The highest BCUT2D eigenvalue weighted by molar-refractivity contribution is 5.88. The van der Waals surface area contributed by atoms with Crippen LogP contribution in [0.25, 0.3) is 10.9 Å². The lowest BCUT2D eigenvalue weighted by atomic mass is 9.91. The highest BCUT2D eigenvalue weighted by atomic mass is 19.4. The molecule has 7 nitrogen and oxygen atoms in total. The Labute approximate surface area is 200 Å². The molecule has 0 spiro atoms. The standard InChI is InChI=1S/C25H26F3N3O4/c1-3-13-35-23(33)31-15-17(20-16-29-21-12-8-7-11-19(20)21)14-30-22(32)24(34-2,25(26,27)28)18-9-5-4-6-10-18/h3-12,16-17,29H,1,13-15H2,2H3,(H,30,32)(H,31,33)/t17-,24+/m0/s1. The fraction of sp³-hybridized carbons (Fsp3) is 0.280. The molecule has 3 rings (SSSR count). The number of aromatic nitrogens is 1. The number of halogens is 3. The number of ether oxygens (including phenoxy) is 2. The van der Waals surface area contributed by atoms with Crippen molar-refractivity contribution in [1.29, 1.82) is 0 Å². The summed E-state index contributed by atoms with van der Waals surface area (Å²) in [5, 5.41) is 5.78. The van der Waals surface area contributed by atoms with E-state index < -0.39 is 29.7 Å². The summed E-state index contributed by atoms with van der Waals surface area (Å²) in [5.41, 5.74) is -2.03. The zero-order valence-corrected chi connectivity index (χ0v) is 19.0. The van der Waals surface area contributed by atoms with Gasteiger partial charge in [0.2, 0.25) is 0 Å². The molecular weight excluding hydrogens is 463 g/mol. The highest BCUT2D eigenvalue weighted by Gasteiger charge is 2.62. The Kier molecular flexibility index (Phi) is 8.18. The highest BCUT2D eigenvalue weighted by Crippen LogP contribution is 2.42. The summed E-state index contributed by atoms with van der Waals surface area (Å²) >= 11 is 0. The number of aromatic amines is 1. The van der Waals surface area contributed by atoms with Gasteiger partial charge in [-0.1, -0.05) is 61.2 Å². The molecule has 2 aromatic carbocycles. The Morgan fingerprint density at radius 2 is 1.71 bits per heavy atom. The molecule has 0 aliphatic carbocycles. The summed E-state index contributed by atoms with van der Waals surface area (Å²) in [4.78, 5) is 28.1. The van der Waals surface area contributed by atoms with Crippen LogP contribution in [0.5, 0.6) is 0 Å². The van der Waals surface area contributed by atoms with Crippen LogP contribution < -0.4 is 10.6 Å². The van der Waals surface area contributed by atoms with E-state index in [4.69, 9.17) is 9.47 Å². The van der Waals surface area contributed by atoms with Gasteiger partial charge in [0, 0.05) is 48.8 Å². The first-order valence-corrected chi connectivity index (χ1v) is 10.8. The second-order valence-electron chi connectivity index (χ2n) is 7.71. The van der Waals surface area contributed by atoms with Gasteiger partial charge >= 0.3 is 12.3 Å². The van der Waals surface area contributed by atoms with Crippen molar-refractivity contribution in [2.75, 3.05) is 26.8 Å². The number of alkyl carbamates (subject to hydrolysis) is 1. The van der Waals surface area contributed by atoms with E-state index in [1.165, 1.54) is 30.3 Å². The number of hydrogen-bond acceptors (Lipinski definition) is 4. The smallest absolute Gasteiger partial charge is 0.430 e. The van der Waals surface area contributed by atoms with Crippen molar-refractivity contribution in [3.05, 3.63) is 84.6 Å². The fourth-order valence-corrected chi connectivity index (χ4v) is 3.88. The molecule has 0 aliphatic heterocycles. The molecule has 10 heteroatoms. The number of carbonyl (C=O) groups is 2. The fourth-order valence-electron chi connectivity index (χ4n) is 3.88. The van der Waals surface area contributed by atoms with Crippen molar-refractivity contribution in [1.82, 2.24) is 15.6 Å². The van der Waals surface area contributed by atoms with Gasteiger partial charge in [0.1, 0.15) is 6.61 Å². The van der Waals surface area contributed by atoms with Crippen molar-refractivity contribution in [3.63, 3.8) is 0 Å².